The van der Waals surface area contributed by atoms with Gasteiger partial charge in [-0.05, 0) is 52.7 Å². The number of nitrogens with one attached hydrogen (secondary N) is 1. The summed E-state index contributed by atoms with van der Waals surface area (Å²) >= 11 is 3.45. The van der Waals surface area contributed by atoms with Gasteiger partial charge < -0.3 is 9.47 Å². The molecule has 0 heterocycles. The van der Waals surface area contributed by atoms with Gasteiger partial charge in [-0.25, -0.2) is 5.43 Å². The third-order valence-electron chi connectivity index (χ3n) is 3.64. The summed E-state index contributed by atoms with van der Waals surface area (Å²) in [5, 5.41) is 6.06. The number of nitrogens with zero attached hydrogens (tertiary/aromatic N) is 1. The molecule has 1 amide bonds. The normalized spacial score (nSPS) is 10.8. The number of fused-ring (bicyclic) bond motifs is 1. The quantitative estimate of drug-likeness (QED) is 0.488. The summed E-state index contributed by atoms with van der Waals surface area (Å²) in [5.41, 5.74) is 3.27. The lowest BCUT2D eigenvalue weighted by Gasteiger charge is -2.06. The molecular formula is C20H17BrN2O3. The summed E-state index contributed by atoms with van der Waals surface area (Å²) < 4.78 is 11.7. The van der Waals surface area contributed by atoms with E-state index in [-0.39, 0.29) is 12.5 Å². The zero-order valence-corrected chi connectivity index (χ0v) is 15.7. The van der Waals surface area contributed by atoms with Gasteiger partial charge in [0, 0.05) is 4.47 Å². The molecule has 0 saturated heterocycles. The zero-order valence-electron chi connectivity index (χ0n) is 14.1. The minimum Gasteiger partial charge on any atom is -0.497 e. The maximum absolute atomic E-state index is 11.9. The molecule has 0 fully saturated rings. The van der Waals surface area contributed by atoms with E-state index in [0.29, 0.717) is 5.75 Å². The highest BCUT2D eigenvalue weighted by Gasteiger charge is 2.03. The van der Waals surface area contributed by atoms with Crippen molar-refractivity contribution in [1.82, 2.24) is 5.43 Å². The Bertz CT molecular complexity index is 957. The number of amides is 1. The molecule has 6 heteroatoms. The predicted molar refractivity (Wildman–Crippen MR) is 106 cm³/mol. The summed E-state index contributed by atoms with van der Waals surface area (Å²) in [6.07, 6.45) is 1.55. The van der Waals surface area contributed by atoms with E-state index in [1.54, 1.807) is 13.3 Å². The SMILES string of the molecule is COc1cccc(/C=N/NC(=O)COc2ccc3cc(Br)ccc3c2)c1. The summed E-state index contributed by atoms with van der Waals surface area (Å²) in [6, 6.07) is 19.0. The molecule has 1 N–H and O–H groups in total. The van der Waals surface area contributed by atoms with Gasteiger partial charge in [0.1, 0.15) is 11.5 Å². The molecule has 0 radical (unpaired) electrons. The van der Waals surface area contributed by atoms with Crippen LogP contribution in [-0.2, 0) is 4.79 Å². The fourth-order valence-corrected chi connectivity index (χ4v) is 2.75. The maximum Gasteiger partial charge on any atom is 0.277 e. The van der Waals surface area contributed by atoms with Crippen LogP contribution in [0.3, 0.4) is 0 Å². The molecule has 0 spiro atoms. The topological polar surface area (TPSA) is 59.9 Å². The van der Waals surface area contributed by atoms with Crippen LogP contribution in [0.15, 0.2) is 70.2 Å². The Balaban J connectivity index is 1.53. The van der Waals surface area contributed by atoms with Gasteiger partial charge in [-0.2, -0.15) is 5.10 Å². The van der Waals surface area contributed by atoms with Crippen LogP contribution in [0.2, 0.25) is 0 Å². The molecular weight excluding hydrogens is 396 g/mol. The van der Waals surface area contributed by atoms with E-state index in [2.05, 4.69) is 26.5 Å². The number of hydrazone groups is 1. The van der Waals surface area contributed by atoms with Crippen LogP contribution in [0.5, 0.6) is 11.5 Å². The first kappa shape index (κ1) is 17.9. The summed E-state index contributed by atoms with van der Waals surface area (Å²) in [4.78, 5) is 11.9. The second kappa shape index (κ2) is 8.49. The van der Waals surface area contributed by atoms with Crippen molar-refractivity contribution in [2.45, 2.75) is 0 Å². The van der Waals surface area contributed by atoms with Crippen molar-refractivity contribution in [2.24, 2.45) is 5.10 Å². The van der Waals surface area contributed by atoms with E-state index in [4.69, 9.17) is 9.47 Å². The van der Waals surface area contributed by atoms with Gasteiger partial charge in [0.2, 0.25) is 0 Å². The molecule has 3 aromatic carbocycles. The van der Waals surface area contributed by atoms with Crippen molar-refractivity contribution in [1.29, 1.82) is 0 Å². The number of hydrogen-bond acceptors (Lipinski definition) is 4. The number of rotatable bonds is 6. The third-order valence-corrected chi connectivity index (χ3v) is 4.13. The lowest BCUT2D eigenvalue weighted by molar-refractivity contribution is -0.123. The number of methoxy groups -OCH3 is 1. The summed E-state index contributed by atoms with van der Waals surface area (Å²) in [5.74, 6) is 1.03. The van der Waals surface area contributed by atoms with E-state index in [1.165, 1.54) is 0 Å². The molecule has 132 valence electrons. The molecule has 0 bridgehead atoms. The van der Waals surface area contributed by atoms with E-state index >= 15 is 0 Å². The second-order valence-corrected chi connectivity index (χ2v) is 6.43. The van der Waals surface area contributed by atoms with Crippen molar-refractivity contribution in [2.75, 3.05) is 13.7 Å². The van der Waals surface area contributed by atoms with Crippen LogP contribution in [0.25, 0.3) is 10.8 Å². The van der Waals surface area contributed by atoms with Crippen molar-refractivity contribution in [3.8, 4) is 11.5 Å². The molecule has 0 aliphatic heterocycles. The molecule has 0 aromatic heterocycles. The number of halogens is 1. The van der Waals surface area contributed by atoms with E-state index < -0.39 is 0 Å². The van der Waals surface area contributed by atoms with Crippen LogP contribution >= 0.6 is 15.9 Å². The number of benzene rings is 3. The van der Waals surface area contributed by atoms with Crippen LogP contribution in [0.1, 0.15) is 5.56 Å². The Kier molecular flexibility index (Phi) is 5.86. The van der Waals surface area contributed by atoms with Crippen LogP contribution in [-0.4, -0.2) is 25.8 Å². The van der Waals surface area contributed by atoms with Crippen LogP contribution < -0.4 is 14.9 Å². The average Bonchev–Trinajstić information content (AvgIpc) is 2.66. The zero-order chi connectivity index (χ0) is 18.4. The molecule has 0 unspecified atom stereocenters. The van der Waals surface area contributed by atoms with Crippen LogP contribution in [0, 0.1) is 0 Å². The average molecular weight is 413 g/mol. The first-order valence-corrected chi connectivity index (χ1v) is 8.71. The smallest absolute Gasteiger partial charge is 0.277 e. The van der Waals surface area contributed by atoms with E-state index in [9.17, 15) is 4.79 Å². The fraction of sp³-hybridized carbons (Fsp3) is 0.100. The number of ether oxygens (including phenoxy) is 2. The minimum absolute atomic E-state index is 0.114. The lowest BCUT2D eigenvalue weighted by atomic mass is 10.1. The minimum atomic E-state index is -0.333. The first-order valence-electron chi connectivity index (χ1n) is 7.92. The molecule has 0 aliphatic rings. The highest BCUT2D eigenvalue weighted by molar-refractivity contribution is 9.10. The van der Waals surface area contributed by atoms with Gasteiger partial charge in [-0.1, -0.05) is 40.2 Å². The van der Waals surface area contributed by atoms with Gasteiger partial charge in [-0.3, -0.25) is 4.79 Å². The first-order chi connectivity index (χ1) is 12.6. The van der Waals surface area contributed by atoms with Gasteiger partial charge in [0.05, 0.1) is 13.3 Å². The van der Waals surface area contributed by atoms with E-state index in [0.717, 1.165) is 26.6 Å². The fourth-order valence-electron chi connectivity index (χ4n) is 2.37. The Morgan fingerprint density at radius 1 is 1.08 bits per heavy atom. The number of carbonyl (C=O) groups excluding carboxylic acids is 1. The van der Waals surface area contributed by atoms with Gasteiger partial charge >= 0.3 is 0 Å². The van der Waals surface area contributed by atoms with Crippen molar-refractivity contribution in [3.05, 3.63) is 70.7 Å². The standard InChI is InChI=1S/C20H17BrN2O3/c1-25-18-4-2-3-14(9-18)12-22-23-20(24)13-26-19-8-6-15-10-17(21)7-5-16(15)11-19/h2-12H,13H2,1H3,(H,23,24)/b22-12+. The Labute approximate surface area is 159 Å². The van der Waals surface area contributed by atoms with E-state index in [1.807, 2.05) is 60.7 Å². The van der Waals surface area contributed by atoms with Crippen molar-refractivity contribution in [3.63, 3.8) is 0 Å². The molecule has 0 saturated carbocycles. The highest BCUT2D eigenvalue weighted by atomic mass is 79.9. The monoisotopic (exact) mass is 412 g/mol. The molecule has 3 aromatic rings. The molecule has 0 aliphatic carbocycles. The lowest BCUT2D eigenvalue weighted by Crippen LogP contribution is -2.24. The predicted octanol–water partition coefficient (Wildman–Crippen LogP) is 4.14. The Hall–Kier alpha value is -2.86. The van der Waals surface area contributed by atoms with Gasteiger partial charge in [0.25, 0.3) is 5.91 Å². The highest BCUT2D eigenvalue weighted by Crippen LogP contribution is 2.24. The molecule has 5 nitrogen and oxygen atoms in total. The second-order valence-electron chi connectivity index (χ2n) is 5.51. The maximum atomic E-state index is 11.9. The Morgan fingerprint density at radius 2 is 1.88 bits per heavy atom. The molecule has 0 atom stereocenters. The van der Waals surface area contributed by atoms with Gasteiger partial charge in [-0.15, -0.1) is 0 Å². The van der Waals surface area contributed by atoms with Crippen molar-refractivity contribution < 1.29 is 14.3 Å². The summed E-state index contributed by atoms with van der Waals surface area (Å²) in [7, 11) is 1.60. The largest absolute Gasteiger partial charge is 0.497 e. The molecule has 3 rings (SSSR count). The summed E-state index contributed by atoms with van der Waals surface area (Å²) in [6.45, 7) is -0.114. The van der Waals surface area contributed by atoms with Gasteiger partial charge in [0.15, 0.2) is 6.61 Å². The molecule has 26 heavy (non-hydrogen) atoms. The van der Waals surface area contributed by atoms with Crippen molar-refractivity contribution >= 4 is 38.8 Å². The number of hydrogen-bond donors (Lipinski definition) is 1. The van der Waals surface area contributed by atoms with Crippen LogP contribution in [0.4, 0.5) is 0 Å². The number of carbonyl (C=O) groups is 1. The third kappa shape index (κ3) is 4.83. The Morgan fingerprint density at radius 3 is 2.73 bits per heavy atom.